The maximum Gasteiger partial charge on any atom is 0.212 e. The molecule has 0 amide bonds. The molecule has 2 N–H and O–H groups in total. The van der Waals surface area contributed by atoms with Crippen molar-refractivity contribution < 1.29 is 12.8 Å². The second-order valence-electron chi connectivity index (χ2n) is 3.94. The van der Waals surface area contributed by atoms with Crippen molar-refractivity contribution >= 4 is 10.0 Å². The first-order valence-corrected chi connectivity index (χ1v) is 7.61. The molecule has 0 unspecified atom stereocenters. The van der Waals surface area contributed by atoms with Crippen LogP contribution >= 0.6 is 0 Å². The van der Waals surface area contributed by atoms with Crippen LogP contribution in [0.2, 0.25) is 0 Å². The summed E-state index contributed by atoms with van der Waals surface area (Å²) in [7, 11) is -3.22. The summed E-state index contributed by atoms with van der Waals surface area (Å²) in [6.07, 6.45) is 0.556. The fourth-order valence-electron chi connectivity index (χ4n) is 1.46. The Morgan fingerprint density at radius 1 is 1.17 bits per heavy atom. The summed E-state index contributed by atoms with van der Waals surface area (Å²) in [6, 6.07) is 6.05. The van der Waals surface area contributed by atoms with Gasteiger partial charge in [-0.3, -0.25) is 0 Å². The summed E-state index contributed by atoms with van der Waals surface area (Å²) < 4.78 is 38.2. The SMILES string of the molecule is CCNCCS(=O)(=O)NCCc1ccc(F)cc1. The molecule has 0 spiro atoms. The van der Waals surface area contributed by atoms with Gasteiger partial charge in [-0.15, -0.1) is 0 Å². The van der Waals surface area contributed by atoms with Gasteiger partial charge in [-0.1, -0.05) is 19.1 Å². The molecule has 18 heavy (non-hydrogen) atoms. The van der Waals surface area contributed by atoms with E-state index >= 15 is 0 Å². The van der Waals surface area contributed by atoms with Gasteiger partial charge in [-0.2, -0.15) is 0 Å². The molecule has 0 saturated heterocycles. The zero-order valence-corrected chi connectivity index (χ0v) is 11.3. The van der Waals surface area contributed by atoms with Gasteiger partial charge in [0.2, 0.25) is 10.0 Å². The molecule has 0 saturated carbocycles. The molecule has 0 fully saturated rings. The van der Waals surface area contributed by atoms with E-state index in [1.165, 1.54) is 12.1 Å². The van der Waals surface area contributed by atoms with E-state index in [-0.39, 0.29) is 11.6 Å². The Balaban J connectivity index is 2.30. The molecule has 0 aliphatic carbocycles. The van der Waals surface area contributed by atoms with Crippen LogP contribution in [0.15, 0.2) is 24.3 Å². The van der Waals surface area contributed by atoms with Gasteiger partial charge >= 0.3 is 0 Å². The molecular weight excluding hydrogens is 255 g/mol. The van der Waals surface area contributed by atoms with Crippen LogP contribution in [0.1, 0.15) is 12.5 Å². The van der Waals surface area contributed by atoms with E-state index in [2.05, 4.69) is 10.0 Å². The highest BCUT2D eigenvalue weighted by Crippen LogP contribution is 2.02. The zero-order chi connectivity index (χ0) is 13.4. The van der Waals surface area contributed by atoms with Gasteiger partial charge in [0.15, 0.2) is 0 Å². The number of halogens is 1. The summed E-state index contributed by atoms with van der Waals surface area (Å²) in [4.78, 5) is 0. The van der Waals surface area contributed by atoms with Crippen molar-refractivity contribution in [3.8, 4) is 0 Å². The first-order valence-electron chi connectivity index (χ1n) is 5.96. The number of hydrogen-bond acceptors (Lipinski definition) is 3. The molecule has 4 nitrogen and oxygen atoms in total. The molecule has 1 aromatic rings. The van der Waals surface area contributed by atoms with E-state index in [9.17, 15) is 12.8 Å². The average molecular weight is 274 g/mol. The van der Waals surface area contributed by atoms with Gasteiger partial charge in [-0.05, 0) is 30.7 Å². The van der Waals surface area contributed by atoms with Gasteiger partial charge in [0.05, 0.1) is 5.75 Å². The maximum atomic E-state index is 12.7. The van der Waals surface area contributed by atoms with E-state index in [4.69, 9.17) is 0 Å². The van der Waals surface area contributed by atoms with Crippen molar-refractivity contribution in [2.75, 3.05) is 25.4 Å². The molecular formula is C12H19FN2O2S. The van der Waals surface area contributed by atoms with Crippen LogP contribution in [0.3, 0.4) is 0 Å². The highest BCUT2D eigenvalue weighted by molar-refractivity contribution is 7.89. The van der Waals surface area contributed by atoms with Crippen molar-refractivity contribution in [1.82, 2.24) is 10.0 Å². The highest BCUT2D eigenvalue weighted by atomic mass is 32.2. The first-order chi connectivity index (χ1) is 8.53. The predicted octanol–water partition coefficient (Wildman–Crippen LogP) is 0.897. The molecule has 0 heterocycles. The summed E-state index contributed by atoms with van der Waals surface area (Å²) >= 11 is 0. The van der Waals surface area contributed by atoms with Crippen LogP contribution < -0.4 is 10.0 Å². The fraction of sp³-hybridized carbons (Fsp3) is 0.500. The van der Waals surface area contributed by atoms with Gasteiger partial charge in [0.25, 0.3) is 0 Å². The number of nitrogens with one attached hydrogen (secondary N) is 2. The Morgan fingerprint density at radius 2 is 1.83 bits per heavy atom. The lowest BCUT2D eigenvalue weighted by Crippen LogP contribution is -2.33. The Kier molecular flexibility index (Phi) is 6.24. The third-order valence-corrected chi connectivity index (χ3v) is 3.83. The maximum absolute atomic E-state index is 12.7. The highest BCUT2D eigenvalue weighted by Gasteiger charge is 2.08. The Labute approximate surface area is 108 Å². The van der Waals surface area contributed by atoms with Gasteiger partial charge in [-0.25, -0.2) is 17.5 Å². The Hall–Kier alpha value is -0.980. The third-order valence-electron chi connectivity index (χ3n) is 2.45. The quantitative estimate of drug-likeness (QED) is 0.692. The molecule has 0 atom stereocenters. The third kappa shape index (κ3) is 6.09. The Bertz CT molecular complexity index is 446. The van der Waals surface area contributed by atoms with E-state index in [0.717, 1.165) is 12.1 Å². The summed E-state index contributed by atoms with van der Waals surface area (Å²) in [5, 5.41) is 2.96. The minimum Gasteiger partial charge on any atom is -0.316 e. The minimum absolute atomic E-state index is 0.0737. The molecule has 6 heteroatoms. The topological polar surface area (TPSA) is 58.2 Å². The molecule has 0 aromatic heterocycles. The lowest BCUT2D eigenvalue weighted by molar-refractivity contribution is 0.577. The molecule has 0 aliphatic heterocycles. The zero-order valence-electron chi connectivity index (χ0n) is 10.4. The van der Waals surface area contributed by atoms with Crippen LogP contribution in [0.5, 0.6) is 0 Å². The lowest BCUT2D eigenvalue weighted by Gasteiger charge is -2.07. The predicted molar refractivity (Wildman–Crippen MR) is 70.4 cm³/mol. The van der Waals surface area contributed by atoms with E-state index in [1.54, 1.807) is 12.1 Å². The largest absolute Gasteiger partial charge is 0.316 e. The van der Waals surface area contributed by atoms with Crippen LogP contribution in [0, 0.1) is 5.82 Å². The van der Waals surface area contributed by atoms with E-state index < -0.39 is 10.0 Å². The van der Waals surface area contributed by atoms with E-state index in [1.807, 2.05) is 6.92 Å². The molecule has 1 rings (SSSR count). The van der Waals surface area contributed by atoms with Crippen molar-refractivity contribution in [3.05, 3.63) is 35.6 Å². The van der Waals surface area contributed by atoms with Crippen molar-refractivity contribution in [2.45, 2.75) is 13.3 Å². The molecule has 1 aromatic carbocycles. The normalized spacial score (nSPS) is 11.7. The van der Waals surface area contributed by atoms with Crippen LogP contribution in [0.25, 0.3) is 0 Å². The summed E-state index contributed by atoms with van der Waals surface area (Å²) in [5.41, 5.74) is 0.908. The standard InChI is InChI=1S/C12H19FN2O2S/c1-2-14-9-10-18(16,17)15-8-7-11-3-5-12(13)6-4-11/h3-6,14-15H,2,7-10H2,1H3. The van der Waals surface area contributed by atoms with Gasteiger partial charge in [0.1, 0.15) is 5.82 Å². The molecule has 0 radical (unpaired) electrons. The smallest absolute Gasteiger partial charge is 0.212 e. The lowest BCUT2D eigenvalue weighted by atomic mass is 10.1. The molecule has 0 aliphatic rings. The van der Waals surface area contributed by atoms with Gasteiger partial charge in [0, 0.05) is 13.1 Å². The van der Waals surface area contributed by atoms with E-state index in [0.29, 0.717) is 19.5 Å². The summed E-state index contributed by atoms with van der Waals surface area (Å²) in [6.45, 7) is 3.46. The van der Waals surface area contributed by atoms with Gasteiger partial charge < -0.3 is 5.32 Å². The monoisotopic (exact) mass is 274 g/mol. The van der Waals surface area contributed by atoms with Crippen molar-refractivity contribution in [1.29, 1.82) is 0 Å². The van der Waals surface area contributed by atoms with Crippen LogP contribution in [0.4, 0.5) is 4.39 Å². The number of sulfonamides is 1. The minimum atomic E-state index is -3.22. The second-order valence-corrected chi connectivity index (χ2v) is 5.87. The molecule has 102 valence electrons. The number of hydrogen-bond donors (Lipinski definition) is 2. The first kappa shape index (κ1) is 15.1. The summed E-state index contributed by atoms with van der Waals surface area (Å²) in [5.74, 6) is -0.213. The van der Waals surface area contributed by atoms with Crippen molar-refractivity contribution in [3.63, 3.8) is 0 Å². The molecule has 0 bridgehead atoms. The Morgan fingerprint density at radius 3 is 2.44 bits per heavy atom. The average Bonchev–Trinajstić information content (AvgIpc) is 2.32. The van der Waals surface area contributed by atoms with Crippen LogP contribution in [-0.4, -0.2) is 33.8 Å². The number of benzene rings is 1. The fourth-order valence-corrected chi connectivity index (χ4v) is 2.43. The second kappa shape index (κ2) is 7.45. The van der Waals surface area contributed by atoms with Crippen molar-refractivity contribution in [2.24, 2.45) is 0 Å². The van der Waals surface area contributed by atoms with Crippen LogP contribution in [-0.2, 0) is 16.4 Å². The number of rotatable bonds is 8.